The Balaban J connectivity index is 2.37. The van der Waals surface area contributed by atoms with Gasteiger partial charge in [-0.15, -0.1) is 0 Å². The van der Waals surface area contributed by atoms with E-state index in [9.17, 15) is 9.90 Å². The highest BCUT2D eigenvalue weighted by Crippen LogP contribution is 2.16. The number of rotatable bonds is 8. The highest BCUT2D eigenvalue weighted by Gasteiger charge is 2.33. The molecule has 1 aliphatic heterocycles. The van der Waals surface area contributed by atoms with Crippen molar-refractivity contribution in [3.8, 4) is 0 Å². The molecule has 5 heteroatoms. The summed E-state index contributed by atoms with van der Waals surface area (Å²) in [6.07, 6.45) is 2.59. The van der Waals surface area contributed by atoms with Crippen molar-refractivity contribution < 1.29 is 14.6 Å². The topological polar surface area (TPSA) is 61.8 Å². The number of likely N-dealkylation sites (N-methyl/N-ethyl adjacent to an activating group) is 1. The van der Waals surface area contributed by atoms with E-state index in [2.05, 4.69) is 17.3 Å². The molecule has 0 radical (unpaired) electrons. The molecular formula is C14H28N2O3. The summed E-state index contributed by atoms with van der Waals surface area (Å²) in [6, 6.07) is 0.663. The van der Waals surface area contributed by atoms with E-state index in [1.165, 1.54) is 0 Å². The summed E-state index contributed by atoms with van der Waals surface area (Å²) in [5.41, 5.74) is -0.832. The minimum absolute atomic E-state index is 0.169. The van der Waals surface area contributed by atoms with Crippen LogP contribution in [0.3, 0.4) is 0 Å². The van der Waals surface area contributed by atoms with E-state index in [-0.39, 0.29) is 6.04 Å². The number of carboxylic acids is 1. The fourth-order valence-corrected chi connectivity index (χ4v) is 2.61. The van der Waals surface area contributed by atoms with Crippen LogP contribution in [0.1, 0.15) is 40.0 Å². The summed E-state index contributed by atoms with van der Waals surface area (Å²) in [5, 5.41) is 12.5. The average molecular weight is 272 g/mol. The molecule has 5 nitrogen and oxygen atoms in total. The SMILES string of the molecule is CC(C)NC(C)(CCCN(C)C1CCOC1)C(=O)O. The Morgan fingerprint density at radius 1 is 1.58 bits per heavy atom. The molecule has 1 saturated heterocycles. The molecule has 1 rings (SSSR count). The molecule has 1 aliphatic rings. The maximum absolute atomic E-state index is 11.4. The highest BCUT2D eigenvalue weighted by molar-refractivity contribution is 5.78. The Kier molecular flexibility index (Phi) is 6.23. The molecule has 1 heterocycles. The van der Waals surface area contributed by atoms with Gasteiger partial charge in [0.1, 0.15) is 5.54 Å². The minimum Gasteiger partial charge on any atom is -0.480 e. The number of nitrogens with one attached hydrogen (secondary N) is 1. The smallest absolute Gasteiger partial charge is 0.323 e. The van der Waals surface area contributed by atoms with E-state index in [0.717, 1.165) is 32.6 Å². The van der Waals surface area contributed by atoms with Crippen LogP contribution in [0.25, 0.3) is 0 Å². The fraction of sp³-hybridized carbons (Fsp3) is 0.929. The van der Waals surface area contributed by atoms with E-state index in [1.54, 1.807) is 6.92 Å². The monoisotopic (exact) mass is 272 g/mol. The number of hydrogen-bond donors (Lipinski definition) is 2. The van der Waals surface area contributed by atoms with Gasteiger partial charge in [0.05, 0.1) is 6.61 Å². The van der Waals surface area contributed by atoms with Gasteiger partial charge in [-0.05, 0) is 53.6 Å². The molecular weight excluding hydrogens is 244 g/mol. The largest absolute Gasteiger partial charge is 0.480 e. The summed E-state index contributed by atoms with van der Waals surface area (Å²) in [4.78, 5) is 13.7. The fourth-order valence-electron chi connectivity index (χ4n) is 2.61. The molecule has 2 atom stereocenters. The zero-order chi connectivity index (χ0) is 14.5. The van der Waals surface area contributed by atoms with Crippen LogP contribution in [0.4, 0.5) is 0 Å². The van der Waals surface area contributed by atoms with Gasteiger partial charge in [0.15, 0.2) is 0 Å². The molecule has 19 heavy (non-hydrogen) atoms. The van der Waals surface area contributed by atoms with Crippen LogP contribution in [0.15, 0.2) is 0 Å². The van der Waals surface area contributed by atoms with Gasteiger partial charge in [0, 0.05) is 18.7 Å². The lowest BCUT2D eigenvalue weighted by Crippen LogP contribution is -2.52. The molecule has 112 valence electrons. The lowest BCUT2D eigenvalue weighted by Gasteiger charge is -2.30. The molecule has 2 unspecified atom stereocenters. The second kappa shape index (κ2) is 7.22. The van der Waals surface area contributed by atoms with Crippen molar-refractivity contribution >= 4 is 5.97 Å². The number of carbonyl (C=O) groups is 1. The Morgan fingerprint density at radius 3 is 2.74 bits per heavy atom. The number of hydrogen-bond acceptors (Lipinski definition) is 4. The zero-order valence-corrected chi connectivity index (χ0v) is 12.6. The molecule has 0 aromatic carbocycles. The normalized spacial score (nSPS) is 22.9. The lowest BCUT2D eigenvalue weighted by atomic mass is 9.94. The maximum Gasteiger partial charge on any atom is 0.323 e. The van der Waals surface area contributed by atoms with Crippen LogP contribution in [-0.2, 0) is 9.53 Å². The van der Waals surface area contributed by atoms with Crippen molar-refractivity contribution in [3.63, 3.8) is 0 Å². The molecule has 0 amide bonds. The predicted octanol–water partition coefficient (Wildman–Crippen LogP) is 1.33. The molecule has 1 fully saturated rings. The van der Waals surface area contributed by atoms with Crippen LogP contribution in [0.5, 0.6) is 0 Å². The van der Waals surface area contributed by atoms with E-state index in [0.29, 0.717) is 12.5 Å². The van der Waals surface area contributed by atoms with E-state index >= 15 is 0 Å². The first-order valence-electron chi connectivity index (χ1n) is 7.14. The van der Waals surface area contributed by atoms with Gasteiger partial charge in [0.2, 0.25) is 0 Å². The van der Waals surface area contributed by atoms with Crippen LogP contribution in [0, 0.1) is 0 Å². The van der Waals surface area contributed by atoms with E-state index < -0.39 is 11.5 Å². The zero-order valence-electron chi connectivity index (χ0n) is 12.6. The third kappa shape index (κ3) is 5.09. The summed E-state index contributed by atoms with van der Waals surface area (Å²) in [7, 11) is 2.09. The molecule has 0 aliphatic carbocycles. The number of aliphatic carboxylic acids is 1. The summed E-state index contributed by atoms with van der Waals surface area (Å²) >= 11 is 0. The molecule has 0 saturated carbocycles. The molecule has 2 N–H and O–H groups in total. The van der Waals surface area contributed by atoms with Crippen molar-refractivity contribution in [2.75, 3.05) is 26.8 Å². The highest BCUT2D eigenvalue weighted by atomic mass is 16.5. The van der Waals surface area contributed by atoms with Crippen LogP contribution in [-0.4, -0.2) is 60.4 Å². The van der Waals surface area contributed by atoms with Crippen LogP contribution >= 0.6 is 0 Å². The Hall–Kier alpha value is -0.650. The van der Waals surface area contributed by atoms with Crippen molar-refractivity contribution in [2.24, 2.45) is 0 Å². The second-order valence-electron chi connectivity index (χ2n) is 6.04. The third-order valence-electron chi connectivity index (χ3n) is 3.80. The summed E-state index contributed by atoms with van der Waals surface area (Å²) < 4.78 is 5.37. The Bertz CT molecular complexity index is 290. The van der Waals surface area contributed by atoms with Gasteiger partial charge in [-0.2, -0.15) is 0 Å². The van der Waals surface area contributed by atoms with Gasteiger partial charge < -0.3 is 14.7 Å². The average Bonchev–Trinajstić information content (AvgIpc) is 2.80. The van der Waals surface area contributed by atoms with Gasteiger partial charge >= 0.3 is 5.97 Å². The van der Waals surface area contributed by atoms with Crippen molar-refractivity contribution in [3.05, 3.63) is 0 Å². The first kappa shape index (κ1) is 16.4. The summed E-state index contributed by atoms with van der Waals surface area (Å²) in [6.45, 7) is 8.28. The maximum atomic E-state index is 11.4. The van der Waals surface area contributed by atoms with Crippen molar-refractivity contribution in [2.45, 2.75) is 57.7 Å². The molecule has 0 aromatic heterocycles. The third-order valence-corrected chi connectivity index (χ3v) is 3.80. The summed E-state index contributed by atoms with van der Waals surface area (Å²) in [5.74, 6) is -0.770. The molecule has 0 bridgehead atoms. The predicted molar refractivity (Wildman–Crippen MR) is 75.4 cm³/mol. The first-order chi connectivity index (χ1) is 8.85. The van der Waals surface area contributed by atoms with E-state index in [1.807, 2.05) is 13.8 Å². The standard InChI is InChI=1S/C14H28N2O3/c1-11(2)15-14(3,13(17)18)7-5-8-16(4)12-6-9-19-10-12/h11-12,15H,5-10H2,1-4H3,(H,17,18). The van der Waals surface area contributed by atoms with Gasteiger partial charge in [-0.1, -0.05) is 0 Å². The number of nitrogens with zero attached hydrogens (tertiary/aromatic N) is 1. The van der Waals surface area contributed by atoms with Gasteiger partial charge in [0.25, 0.3) is 0 Å². The van der Waals surface area contributed by atoms with Crippen LogP contribution < -0.4 is 5.32 Å². The Labute approximate surface area is 116 Å². The number of ether oxygens (including phenoxy) is 1. The number of carboxylic acid groups (broad SMARTS) is 1. The van der Waals surface area contributed by atoms with Gasteiger partial charge in [-0.25, -0.2) is 0 Å². The lowest BCUT2D eigenvalue weighted by molar-refractivity contribution is -0.144. The Morgan fingerprint density at radius 2 is 2.26 bits per heavy atom. The van der Waals surface area contributed by atoms with E-state index in [4.69, 9.17) is 4.74 Å². The molecule has 0 aromatic rings. The van der Waals surface area contributed by atoms with Gasteiger partial charge in [-0.3, -0.25) is 10.1 Å². The molecule has 0 spiro atoms. The quantitative estimate of drug-likeness (QED) is 0.698. The first-order valence-corrected chi connectivity index (χ1v) is 7.14. The van der Waals surface area contributed by atoms with Crippen LogP contribution in [0.2, 0.25) is 0 Å². The van der Waals surface area contributed by atoms with Crippen molar-refractivity contribution in [1.29, 1.82) is 0 Å². The minimum atomic E-state index is -0.832. The van der Waals surface area contributed by atoms with Crippen molar-refractivity contribution in [1.82, 2.24) is 10.2 Å². The second-order valence-corrected chi connectivity index (χ2v) is 6.04.